The maximum atomic E-state index is 10.8. The van der Waals surface area contributed by atoms with E-state index in [0.29, 0.717) is 13.0 Å². The van der Waals surface area contributed by atoms with Gasteiger partial charge in [0.05, 0.1) is 6.61 Å². The van der Waals surface area contributed by atoms with Gasteiger partial charge < -0.3 is 14.7 Å². The van der Waals surface area contributed by atoms with E-state index < -0.39 is 5.97 Å². The second-order valence-corrected chi connectivity index (χ2v) is 7.97. The number of carboxylic acid groups (broad SMARTS) is 1. The molecule has 156 valence electrons. The molecule has 4 nitrogen and oxygen atoms in total. The minimum absolute atomic E-state index is 0.242. The topological polar surface area (TPSA) is 49.8 Å². The lowest BCUT2D eigenvalue weighted by molar-refractivity contribution is -0.137. The van der Waals surface area contributed by atoms with Crippen molar-refractivity contribution in [2.24, 2.45) is 0 Å². The van der Waals surface area contributed by atoms with Gasteiger partial charge in [-0.05, 0) is 59.3 Å². The van der Waals surface area contributed by atoms with Crippen LogP contribution in [0.3, 0.4) is 0 Å². The molecule has 0 fully saturated rings. The van der Waals surface area contributed by atoms with Crippen LogP contribution < -0.4 is 4.74 Å². The van der Waals surface area contributed by atoms with Crippen molar-refractivity contribution < 1.29 is 14.6 Å². The van der Waals surface area contributed by atoms with Crippen LogP contribution in [0.2, 0.25) is 0 Å². The molecular weight excluding hydrogens is 374 g/mol. The Morgan fingerprint density at radius 2 is 1.77 bits per heavy atom. The Hall–Kier alpha value is -2.85. The Balaban J connectivity index is 1.38. The average molecular weight is 404 g/mol. The van der Waals surface area contributed by atoms with Crippen molar-refractivity contribution in [2.45, 2.75) is 32.1 Å². The molecule has 1 N–H and O–H groups in total. The molecule has 1 aliphatic heterocycles. The molecule has 1 aliphatic rings. The number of nitrogens with zero attached hydrogens (tertiary/aromatic N) is 1. The normalized spacial score (nSPS) is 14.3. The molecule has 3 aromatic carbocycles. The molecule has 0 aromatic heterocycles. The molecule has 0 aliphatic carbocycles. The Bertz CT molecular complexity index is 1010. The van der Waals surface area contributed by atoms with Crippen molar-refractivity contribution in [3.63, 3.8) is 0 Å². The molecule has 0 unspecified atom stereocenters. The molecule has 0 bridgehead atoms. The lowest BCUT2D eigenvalue weighted by Gasteiger charge is -2.19. The molecular formula is C26H29NO3. The molecule has 0 saturated heterocycles. The summed E-state index contributed by atoms with van der Waals surface area (Å²) >= 11 is 0. The quantitative estimate of drug-likeness (QED) is 0.591. The summed E-state index contributed by atoms with van der Waals surface area (Å²) in [6.45, 7) is 3.44. The highest BCUT2D eigenvalue weighted by Gasteiger charge is 2.17. The number of hydrogen-bond acceptors (Lipinski definition) is 3. The first kappa shape index (κ1) is 20.4. The van der Waals surface area contributed by atoms with Crippen LogP contribution in [0.25, 0.3) is 10.8 Å². The van der Waals surface area contributed by atoms with Crippen molar-refractivity contribution >= 4 is 16.7 Å². The lowest BCUT2D eigenvalue weighted by atomic mass is 10.0. The maximum absolute atomic E-state index is 10.8. The molecule has 0 atom stereocenters. The monoisotopic (exact) mass is 403 g/mol. The maximum Gasteiger partial charge on any atom is 0.303 e. The molecule has 0 amide bonds. The van der Waals surface area contributed by atoms with Gasteiger partial charge in [-0.1, -0.05) is 54.6 Å². The van der Waals surface area contributed by atoms with Crippen LogP contribution in [0.1, 0.15) is 29.5 Å². The zero-order valence-corrected chi connectivity index (χ0v) is 17.3. The predicted molar refractivity (Wildman–Crippen MR) is 120 cm³/mol. The largest absolute Gasteiger partial charge is 0.493 e. The first-order valence-electron chi connectivity index (χ1n) is 10.8. The summed E-state index contributed by atoms with van der Waals surface area (Å²) in [4.78, 5) is 13.2. The highest BCUT2D eigenvalue weighted by Crippen LogP contribution is 2.27. The smallest absolute Gasteiger partial charge is 0.303 e. The van der Waals surface area contributed by atoms with Gasteiger partial charge in [0.2, 0.25) is 0 Å². The van der Waals surface area contributed by atoms with Crippen molar-refractivity contribution in [1.29, 1.82) is 0 Å². The molecule has 0 saturated carbocycles. The molecule has 0 radical (unpaired) electrons. The molecule has 4 heteroatoms. The highest BCUT2D eigenvalue weighted by molar-refractivity contribution is 5.85. The van der Waals surface area contributed by atoms with Gasteiger partial charge in [0.15, 0.2) is 0 Å². The number of carboxylic acids is 1. The van der Waals surface area contributed by atoms with Crippen molar-refractivity contribution in [3.05, 3.63) is 77.4 Å². The van der Waals surface area contributed by atoms with Crippen LogP contribution in [0.4, 0.5) is 0 Å². The number of rotatable bonds is 8. The first-order chi connectivity index (χ1) is 14.7. The van der Waals surface area contributed by atoms with E-state index in [2.05, 4.69) is 65.6 Å². The van der Waals surface area contributed by atoms with Gasteiger partial charge in [0.1, 0.15) is 5.75 Å². The molecule has 3 aromatic rings. The van der Waals surface area contributed by atoms with Crippen LogP contribution in [0.15, 0.2) is 60.7 Å². The van der Waals surface area contributed by atoms with Gasteiger partial charge in [0.25, 0.3) is 0 Å². The zero-order chi connectivity index (χ0) is 20.8. The van der Waals surface area contributed by atoms with E-state index in [-0.39, 0.29) is 6.42 Å². The molecule has 0 spiro atoms. The van der Waals surface area contributed by atoms with E-state index in [0.717, 1.165) is 44.6 Å². The Morgan fingerprint density at radius 3 is 2.67 bits per heavy atom. The summed E-state index contributed by atoms with van der Waals surface area (Å²) < 4.78 is 6.26. The average Bonchev–Trinajstić information content (AvgIpc) is 2.97. The van der Waals surface area contributed by atoms with E-state index in [1.807, 2.05) is 0 Å². The summed E-state index contributed by atoms with van der Waals surface area (Å²) in [6, 6.07) is 21.3. The first-order valence-corrected chi connectivity index (χ1v) is 10.8. The zero-order valence-electron chi connectivity index (χ0n) is 17.3. The second kappa shape index (κ2) is 9.77. The Labute approximate surface area is 178 Å². The number of carbonyl (C=O) groups is 1. The van der Waals surface area contributed by atoms with E-state index in [1.165, 1.54) is 27.5 Å². The third kappa shape index (κ3) is 5.00. The fourth-order valence-corrected chi connectivity index (χ4v) is 4.38. The summed E-state index contributed by atoms with van der Waals surface area (Å²) in [5, 5.41) is 11.4. The SMILES string of the molecule is O=C(O)CCCN1CCc2cccc(OCCc3cccc4ccccc34)c2CC1. The Morgan fingerprint density at radius 1 is 0.967 bits per heavy atom. The molecule has 30 heavy (non-hydrogen) atoms. The predicted octanol–water partition coefficient (Wildman–Crippen LogP) is 4.73. The number of benzene rings is 3. The fraction of sp³-hybridized carbons (Fsp3) is 0.346. The van der Waals surface area contributed by atoms with Crippen molar-refractivity contribution in [3.8, 4) is 5.75 Å². The van der Waals surface area contributed by atoms with E-state index in [9.17, 15) is 4.79 Å². The van der Waals surface area contributed by atoms with Crippen LogP contribution in [-0.2, 0) is 24.1 Å². The number of ether oxygens (including phenoxy) is 1. The van der Waals surface area contributed by atoms with Crippen molar-refractivity contribution in [1.82, 2.24) is 4.90 Å². The van der Waals surface area contributed by atoms with E-state index in [4.69, 9.17) is 9.84 Å². The van der Waals surface area contributed by atoms with E-state index in [1.54, 1.807) is 0 Å². The number of hydrogen-bond donors (Lipinski definition) is 1. The van der Waals surface area contributed by atoms with Crippen LogP contribution >= 0.6 is 0 Å². The van der Waals surface area contributed by atoms with Gasteiger partial charge in [0, 0.05) is 25.9 Å². The van der Waals surface area contributed by atoms with Crippen LogP contribution in [0.5, 0.6) is 5.75 Å². The van der Waals surface area contributed by atoms with Gasteiger partial charge in [-0.25, -0.2) is 0 Å². The summed E-state index contributed by atoms with van der Waals surface area (Å²) in [5.41, 5.74) is 3.99. The summed E-state index contributed by atoms with van der Waals surface area (Å²) in [5.74, 6) is 0.287. The minimum atomic E-state index is -0.713. The fourth-order valence-electron chi connectivity index (χ4n) is 4.38. The minimum Gasteiger partial charge on any atom is -0.493 e. The molecule has 4 rings (SSSR count). The second-order valence-electron chi connectivity index (χ2n) is 7.97. The molecule has 1 heterocycles. The lowest BCUT2D eigenvalue weighted by Crippen LogP contribution is -2.27. The third-order valence-electron chi connectivity index (χ3n) is 5.98. The number of fused-ring (bicyclic) bond motifs is 2. The van der Waals surface area contributed by atoms with Crippen molar-refractivity contribution in [2.75, 3.05) is 26.2 Å². The highest BCUT2D eigenvalue weighted by atomic mass is 16.5. The van der Waals surface area contributed by atoms with Gasteiger partial charge in [-0.3, -0.25) is 4.79 Å². The standard InChI is InChI=1S/C26H29NO3/c28-26(29)12-5-16-27-17-13-21-9-4-11-25(24(21)14-18-27)30-19-15-22-8-3-7-20-6-1-2-10-23(20)22/h1-4,6-11H,5,12-19H2,(H,28,29). The summed E-state index contributed by atoms with van der Waals surface area (Å²) in [7, 11) is 0. The number of aliphatic carboxylic acids is 1. The van der Waals surface area contributed by atoms with Gasteiger partial charge in [-0.2, -0.15) is 0 Å². The third-order valence-corrected chi connectivity index (χ3v) is 5.98. The van der Waals surface area contributed by atoms with Gasteiger partial charge >= 0.3 is 5.97 Å². The van der Waals surface area contributed by atoms with Gasteiger partial charge in [-0.15, -0.1) is 0 Å². The Kier molecular flexibility index (Phi) is 6.65. The van der Waals surface area contributed by atoms with E-state index >= 15 is 0 Å². The van der Waals surface area contributed by atoms with Crippen LogP contribution in [0, 0.1) is 0 Å². The summed E-state index contributed by atoms with van der Waals surface area (Å²) in [6.07, 6.45) is 3.77. The van der Waals surface area contributed by atoms with Crippen LogP contribution in [-0.4, -0.2) is 42.2 Å².